The Morgan fingerprint density at radius 3 is 2.68 bits per heavy atom. The Kier molecular flexibility index (Phi) is 4.37. The average Bonchev–Trinajstić information content (AvgIpc) is 2.82. The molecule has 0 unspecified atom stereocenters. The highest BCUT2D eigenvalue weighted by Crippen LogP contribution is 2.19. The van der Waals surface area contributed by atoms with Gasteiger partial charge in [-0.2, -0.15) is 5.10 Å². The zero-order valence-corrected chi connectivity index (χ0v) is 12.1. The van der Waals surface area contributed by atoms with E-state index in [1.54, 1.807) is 4.68 Å². The molecule has 2 rings (SSSR count). The molecule has 0 spiro atoms. The van der Waals surface area contributed by atoms with E-state index < -0.39 is 0 Å². The molecule has 0 bridgehead atoms. The van der Waals surface area contributed by atoms with Crippen LogP contribution in [0.4, 0.5) is 0 Å². The standard InChI is InChI=1S/C14H24N4O/c1-14(2,18-8-6-15-7-9-18)13(19)5-4-12-10-16-17(3)11-12/h10-11,15H,4-9H2,1-3H3. The van der Waals surface area contributed by atoms with Crippen molar-refractivity contribution in [3.8, 4) is 0 Å². The SMILES string of the molecule is Cn1cc(CCC(=O)C(C)(C)N2CCNCC2)cn1. The molecule has 2 heterocycles. The van der Waals surface area contributed by atoms with Gasteiger partial charge in [-0.1, -0.05) is 0 Å². The van der Waals surface area contributed by atoms with Crippen molar-refractivity contribution >= 4 is 5.78 Å². The third-order valence-electron chi connectivity index (χ3n) is 3.99. The third kappa shape index (κ3) is 3.42. The molecule has 1 fully saturated rings. The molecule has 19 heavy (non-hydrogen) atoms. The molecule has 1 saturated heterocycles. The molecule has 0 atom stereocenters. The number of ketones is 1. The van der Waals surface area contributed by atoms with Crippen LogP contribution in [0.15, 0.2) is 12.4 Å². The second kappa shape index (κ2) is 5.84. The fourth-order valence-corrected chi connectivity index (χ4v) is 2.56. The number of nitrogens with zero attached hydrogens (tertiary/aromatic N) is 3. The lowest BCUT2D eigenvalue weighted by atomic mass is 9.92. The molecule has 1 aliphatic rings. The number of aryl methyl sites for hydroxylation is 2. The summed E-state index contributed by atoms with van der Waals surface area (Å²) in [5.74, 6) is 0.318. The maximum Gasteiger partial charge on any atom is 0.152 e. The lowest BCUT2D eigenvalue weighted by Crippen LogP contribution is -2.57. The van der Waals surface area contributed by atoms with Crippen LogP contribution in [0.5, 0.6) is 0 Å². The Labute approximate surface area is 115 Å². The summed E-state index contributed by atoms with van der Waals surface area (Å²) < 4.78 is 1.78. The van der Waals surface area contributed by atoms with E-state index in [4.69, 9.17) is 0 Å². The minimum Gasteiger partial charge on any atom is -0.314 e. The van der Waals surface area contributed by atoms with Crippen molar-refractivity contribution < 1.29 is 4.79 Å². The molecular weight excluding hydrogens is 240 g/mol. The average molecular weight is 264 g/mol. The molecule has 1 aromatic heterocycles. The van der Waals surface area contributed by atoms with Gasteiger partial charge in [-0.05, 0) is 25.8 Å². The van der Waals surface area contributed by atoms with Gasteiger partial charge in [0.2, 0.25) is 0 Å². The summed E-state index contributed by atoms with van der Waals surface area (Å²) >= 11 is 0. The van der Waals surface area contributed by atoms with E-state index in [0.717, 1.165) is 38.2 Å². The number of nitrogens with one attached hydrogen (secondary N) is 1. The zero-order chi connectivity index (χ0) is 13.9. The van der Waals surface area contributed by atoms with Crippen LogP contribution in [-0.2, 0) is 18.3 Å². The smallest absolute Gasteiger partial charge is 0.152 e. The number of carbonyl (C=O) groups excluding carboxylic acids is 1. The van der Waals surface area contributed by atoms with Crippen molar-refractivity contribution in [3.63, 3.8) is 0 Å². The minimum absolute atomic E-state index is 0.318. The summed E-state index contributed by atoms with van der Waals surface area (Å²) in [6.45, 7) is 7.93. The lowest BCUT2D eigenvalue weighted by molar-refractivity contribution is -0.129. The third-order valence-corrected chi connectivity index (χ3v) is 3.99. The Morgan fingerprint density at radius 2 is 2.11 bits per heavy atom. The van der Waals surface area contributed by atoms with Gasteiger partial charge in [0.05, 0.1) is 11.7 Å². The lowest BCUT2D eigenvalue weighted by Gasteiger charge is -2.40. The molecule has 106 valence electrons. The molecule has 1 aromatic rings. The van der Waals surface area contributed by atoms with Crippen molar-refractivity contribution in [2.45, 2.75) is 32.2 Å². The maximum atomic E-state index is 12.5. The molecule has 5 heteroatoms. The summed E-state index contributed by atoms with van der Waals surface area (Å²) in [7, 11) is 1.90. The summed E-state index contributed by atoms with van der Waals surface area (Å²) in [5, 5.41) is 7.46. The minimum atomic E-state index is -0.357. The first-order valence-corrected chi connectivity index (χ1v) is 6.97. The van der Waals surface area contributed by atoms with Gasteiger partial charge in [-0.25, -0.2) is 0 Å². The molecule has 0 saturated carbocycles. The number of aromatic nitrogens is 2. The second-order valence-corrected chi connectivity index (χ2v) is 5.74. The van der Waals surface area contributed by atoms with E-state index in [1.807, 2.05) is 33.3 Å². The number of piperazine rings is 1. The van der Waals surface area contributed by atoms with E-state index >= 15 is 0 Å². The van der Waals surface area contributed by atoms with Gasteiger partial charge in [-0.3, -0.25) is 14.4 Å². The summed E-state index contributed by atoms with van der Waals surface area (Å²) in [6.07, 6.45) is 5.18. The summed E-state index contributed by atoms with van der Waals surface area (Å²) in [4.78, 5) is 14.7. The topological polar surface area (TPSA) is 50.2 Å². The van der Waals surface area contributed by atoms with E-state index in [2.05, 4.69) is 15.3 Å². The van der Waals surface area contributed by atoms with Crippen molar-refractivity contribution in [3.05, 3.63) is 18.0 Å². The van der Waals surface area contributed by atoms with Crippen LogP contribution >= 0.6 is 0 Å². The highest BCUT2D eigenvalue weighted by Gasteiger charge is 2.34. The van der Waals surface area contributed by atoms with E-state index in [0.29, 0.717) is 12.2 Å². The van der Waals surface area contributed by atoms with Crippen LogP contribution in [0.3, 0.4) is 0 Å². The van der Waals surface area contributed by atoms with Crippen LogP contribution in [-0.4, -0.2) is 52.2 Å². The van der Waals surface area contributed by atoms with Gasteiger partial charge in [0.25, 0.3) is 0 Å². The maximum absolute atomic E-state index is 12.5. The first-order chi connectivity index (χ1) is 9.00. The van der Waals surface area contributed by atoms with Crippen LogP contribution in [0, 0.1) is 0 Å². The molecule has 0 radical (unpaired) electrons. The Balaban J connectivity index is 1.90. The van der Waals surface area contributed by atoms with E-state index in [9.17, 15) is 4.79 Å². The van der Waals surface area contributed by atoms with Crippen molar-refractivity contribution in [2.24, 2.45) is 7.05 Å². The predicted molar refractivity (Wildman–Crippen MR) is 75.1 cm³/mol. The first-order valence-electron chi connectivity index (χ1n) is 6.97. The number of rotatable bonds is 5. The molecule has 0 amide bonds. The highest BCUT2D eigenvalue weighted by molar-refractivity contribution is 5.87. The fraction of sp³-hybridized carbons (Fsp3) is 0.714. The van der Waals surface area contributed by atoms with E-state index in [-0.39, 0.29) is 5.54 Å². The van der Waals surface area contributed by atoms with Gasteiger partial charge in [-0.15, -0.1) is 0 Å². The van der Waals surface area contributed by atoms with Crippen LogP contribution in [0.1, 0.15) is 25.8 Å². The number of hydrogen-bond donors (Lipinski definition) is 1. The van der Waals surface area contributed by atoms with Crippen LogP contribution in [0.25, 0.3) is 0 Å². The molecule has 0 aliphatic carbocycles. The van der Waals surface area contributed by atoms with Gasteiger partial charge < -0.3 is 5.32 Å². The Bertz CT molecular complexity index is 432. The zero-order valence-electron chi connectivity index (χ0n) is 12.1. The monoisotopic (exact) mass is 264 g/mol. The molecule has 5 nitrogen and oxygen atoms in total. The highest BCUT2D eigenvalue weighted by atomic mass is 16.1. The largest absolute Gasteiger partial charge is 0.314 e. The predicted octanol–water partition coefficient (Wildman–Crippen LogP) is 0.606. The number of carbonyl (C=O) groups is 1. The second-order valence-electron chi connectivity index (χ2n) is 5.74. The first kappa shape index (κ1) is 14.2. The van der Waals surface area contributed by atoms with E-state index in [1.165, 1.54) is 0 Å². The van der Waals surface area contributed by atoms with Gasteiger partial charge in [0.15, 0.2) is 5.78 Å². The molecule has 1 N–H and O–H groups in total. The fourth-order valence-electron chi connectivity index (χ4n) is 2.56. The normalized spacial score (nSPS) is 17.6. The van der Waals surface area contributed by atoms with Crippen molar-refractivity contribution in [1.82, 2.24) is 20.0 Å². The van der Waals surface area contributed by atoms with Gasteiger partial charge in [0.1, 0.15) is 0 Å². The van der Waals surface area contributed by atoms with Gasteiger partial charge >= 0.3 is 0 Å². The Hall–Kier alpha value is -1.20. The number of hydrogen-bond acceptors (Lipinski definition) is 4. The molecule has 1 aliphatic heterocycles. The Morgan fingerprint density at radius 1 is 1.42 bits per heavy atom. The van der Waals surface area contributed by atoms with Crippen molar-refractivity contribution in [1.29, 1.82) is 0 Å². The van der Waals surface area contributed by atoms with Gasteiger partial charge in [0, 0.05) is 45.8 Å². The van der Waals surface area contributed by atoms with Crippen molar-refractivity contribution in [2.75, 3.05) is 26.2 Å². The summed E-state index contributed by atoms with van der Waals surface area (Å²) in [5.41, 5.74) is 0.775. The molecule has 0 aromatic carbocycles. The number of Topliss-reactive ketones (excluding diaryl/α,β-unsaturated/α-hetero) is 1. The summed E-state index contributed by atoms with van der Waals surface area (Å²) in [6, 6.07) is 0. The van der Waals surface area contributed by atoms with Crippen LogP contribution < -0.4 is 5.32 Å². The molecular formula is C14H24N4O. The van der Waals surface area contributed by atoms with Crippen LogP contribution in [0.2, 0.25) is 0 Å². The quantitative estimate of drug-likeness (QED) is 0.846.